The van der Waals surface area contributed by atoms with Crippen LogP contribution in [0.4, 0.5) is 5.95 Å². The lowest BCUT2D eigenvalue weighted by molar-refractivity contribution is 0.517. The van der Waals surface area contributed by atoms with E-state index in [4.69, 9.17) is 5.73 Å². The second-order valence-corrected chi connectivity index (χ2v) is 7.04. The predicted octanol–water partition coefficient (Wildman–Crippen LogP) is 1.94. The molecule has 0 saturated heterocycles. The predicted molar refractivity (Wildman–Crippen MR) is 79.6 cm³/mol. The van der Waals surface area contributed by atoms with E-state index in [-0.39, 0.29) is 10.8 Å². The summed E-state index contributed by atoms with van der Waals surface area (Å²) < 4.78 is 26.3. The Morgan fingerprint density at radius 1 is 1.15 bits per heavy atom. The molecule has 0 aliphatic heterocycles. The number of aromatic nitrogens is 2. The molecule has 0 radical (unpaired) electrons. The lowest BCUT2D eigenvalue weighted by Gasteiger charge is -2.07. The number of rotatable bonds is 9. The van der Waals surface area contributed by atoms with Gasteiger partial charge in [0.1, 0.15) is 4.90 Å². The van der Waals surface area contributed by atoms with Gasteiger partial charge in [0, 0.05) is 6.54 Å². The molecule has 114 valence electrons. The Balaban J connectivity index is 2.25. The first-order chi connectivity index (χ1) is 9.42. The molecule has 0 unspecified atom stereocenters. The van der Waals surface area contributed by atoms with E-state index in [0.717, 1.165) is 25.2 Å². The van der Waals surface area contributed by atoms with Crippen LogP contribution in [0.2, 0.25) is 0 Å². The number of anilines is 1. The molecule has 20 heavy (non-hydrogen) atoms. The van der Waals surface area contributed by atoms with Gasteiger partial charge in [0.05, 0.1) is 12.4 Å². The van der Waals surface area contributed by atoms with Crippen LogP contribution in [0.1, 0.15) is 46.0 Å². The maximum Gasteiger partial charge on any atom is 0.243 e. The molecule has 6 nitrogen and oxygen atoms in total. The van der Waals surface area contributed by atoms with Gasteiger partial charge in [0.15, 0.2) is 0 Å². The zero-order valence-electron chi connectivity index (χ0n) is 12.2. The quantitative estimate of drug-likeness (QED) is 0.679. The second kappa shape index (κ2) is 8.16. The molecular formula is C13H24N4O2S. The normalized spacial score (nSPS) is 11.9. The fourth-order valence-corrected chi connectivity index (χ4v) is 2.75. The van der Waals surface area contributed by atoms with Crippen LogP contribution < -0.4 is 10.5 Å². The standard InChI is InChI=1S/C13H24N4O2S/c1-11(2)7-5-3-4-6-8-17-20(18,19)12-9-15-13(14)16-10-12/h9-11,17H,3-8H2,1-2H3,(H2,14,15,16). The Morgan fingerprint density at radius 2 is 1.75 bits per heavy atom. The highest BCUT2D eigenvalue weighted by Crippen LogP contribution is 2.10. The van der Waals surface area contributed by atoms with Gasteiger partial charge < -0.3 is 5.73 Å². The molecule has 0 spiro atoms. The van der Waals surface area contributed by atoms with Crippen molar-refractivity contribution in [1.29, 1.82) is 0 Å². The highest BCUT2D eigenvalue weighted by molar-refractivity contribution is 7.89. The van der Waals surface area contributed by atoms with E-state index in [1.807, 2.05) is 0 Å². The molecule has 0 atom stereocenters. The summed E-state index contributed by atoms with van der Waals surface area (Å²) in [6.45, 7) is 4.86. The summed E-state index contributed by atoms with van der Waals surface area (Å²) >= 11 is 0. The minimum absolute atomic E-state index is 0.0477. The third-order valence-corrected chi connectivity index (χ3v) is 4.37. The third-order valence-electron chi connectivity index (χ3n) is 2.96. The molecule has 1 aromatic rings. The zero-order chi connectivity index (χ0) is 15.0. The highest BCUT2D eigenvalue weighted by atomic mass is 32.2. The summed E-state index contributed by atoms with van der Waals surface area (Å²) in [6, 6.07) is 0. The van der Waals surface area contributed by atoms with Crippen molar-refractivity contribution in [3.8, 4) is 0 Å². The van der Waals surface area contributed by atoms with Crippen molar-refractivity contribution in [2.75, 3.05) is 12.3 Å². The van der Waals surface area contributed by atoms with Crippen LogP contribution in [0.5, 0.6) is 0 Å². The monoisotopic (exact) mass is 300 g/mol. The highest BCUT2D eigenvalue weighted by Gasteiger charge is 2.13. The Labute approximate surface area is 121 Å². The van der Waals surface area contributed by atoms with Gasteiger partial charge in [-0.15, -0.1) is 0 Å². The van der Waals surface area contributed by atoms with Crippen molar-refractivity contribution in [2.45, 2.75) is 50.8 Å². The number of nitrogens with two attached hydrogens (primary N) is 1. The van der Waals surface area contributed by atoms with Crippen molar-refractivity contribution in [3.63, 3.8) is 0 Å². The first kappa shape index (κ1) is 16.8. The average Bonchev–Trinajstić information content (AvgIpc) is 2.37. The van der Waals surface area contributed by atoms with Crippen LogP contribution >= 0.6 is 0 Å². The molecule has 0 aliphatic rings. The van der Waals surface area contributed by atoms with Gasteiger partial charge in [-0.25, -0.2) is 23.1 Å². The average molecular weight is 300 g/mol. The zero-order valence-corrected chi connectivity index (χ0v) is 13.0. The first-order valence-corrected chi connectivity index (χ1v) is 8.47. The Hall–Kier alpha value is -1.21. The summed E-state index contributed by atoms with van der Waals surface area (Å²) in [4.78, 5) is 7.40. The van der Waals surface area contributed by atoms with Gasteiger partial charge in [-0.2, -0.15) is 0 Å². The SMILES string of the molecule is CC(C)CCCCCCNS(=O)(=O)c1cnc(N)nc1. The van der Waals surface area contributed by atoms with Crippen LogP contribution in [0, 0.1) is 5.92 Å². The van der Waals surface area contributed by atoms with Gasteiger partial charge in [0.25, 0.3) is 0 Å². The number of hydrogen-bond acceptors (Lipinski definition) is 5. The molecule has 0 aliphatic carbocycles. The summed E-state index contributed by atoms with van der Waals surface area (Å²) in [5.74, 6) is 0.799. The van der Waals surface area contributed by atoms with E-state index in [9.17, 15) is 8.42 Å². The minimum atomic E-state index is -3.51. The van der Waals surface area contributed by atoms with Crippen LogP contribution in [0.15, 0.2) is 17.3 Å². The Bertz CT molecular complexity index is 486. The molecule has 0 fully saturated rings. The minimum Gasteiger partial charge on any atom is -0.368 e. The first-order valence-electron chi connectivity index (χ1n) is 6.99. The maximum absolute atomic E-state index is 11.9. The number of nitrogen functional groups attached to an aromatic ring is 1. The van der Waals surface area contributed by atoms with E-state index in [2.05, 4.69) is 28.5 Å². The lowest BCUT2D eigenvalue weighted by Crippen LogP contribution is -2.25. The van der Waals surface area contributed by atoms with Crippen LogP contribution in [-0.2, 0) is 10.0 Å². The fraction of sp³-hybridized carbons (Fsp3) is 0.692. The largest absolute Gasteiger partial charge is 0.368 e. The van der Waals surface area contributed by atoms with Gasteiger partial charge in [-0.3, -0.25) is 0 Å². The molecule has 0 amide bonds. The van der Waals surface area contributed by atoms with Crippen LogP contribution in [0.25, 0.3) is 0 Å². The van der Waals surface area contributed by atoms with E-state index in [1.165, 1.54) is 25.2 Å². The molecule has 0 saturated carbocycles. The number of nitrogens with one attached hydrogen (secondary N) is 1. The van der Waals surface area contributed by atoms with E-state index < -0.39 is 10.0 Å². The summed E-state index contributed by atoms with van der Waals surface area (Å²) in [5.41, 5.74) is 5.32. The van der Waals surface area contributed by atoms with Crippen molar-refractivity contribution in [1.82, 2.24) is 14.7 Å². The van der Waals surface area contributed by atoms with Gasteiger partial charge in [0.2, 0.25) is 16.0 Å². The van der Waals surface area contributed by atoms with E-state index in [1.54, 1.807) is 0 Å². The van der Waals surface area contributed by atoms with Crippen molar-refractivity contribution in [2.24, 2.45) is 5.92 Å². The number of sulfonamides is 1. The summed E-state index contributed by atoms with van der Waals surface area (Å²) in [6.07, 6.45) is 7.89. The van der Waals surface area contributed by atoms with Crippen molar-refractivity contribution in [3.05, 3.63) is 12.4 Å². The van der Waals surface area contributed by atoms with Gasteiger partial charge in [-0.05, 0) is 12.3 Å². The molecular weight excluding hydrogens is 276 g/mol. The molecule has 1 rings (SSSR count). The van der Waals surface area contributed by atoms with Crippen molar-refractivity contribution >= 4 is 16.0 Å². The molecule has 3 N–H and O–H groups in total. The topological polar surface area (TPSA) is 98.0 Å². The van der Waals surface area contributed by atoms with E-state index >= 15 is 0 Å². The van der Waals surface area contributed by atoms with Gasteiger partial charge >= 0.3 is 0 Å². The molecule has 1 heterocycles. The maximum atomic E-state index is 11.9. The number of hydrogen-bond donors (Lipinski definition) is 2. The number of nitrogens with zero attached hydrogens (tertiary/aromatic N) is 2. The van der Waals surface area contributed by atoms with Crippen LogP contribution in [-0.4, -0.2) is 24.9 Å². The second-order valence-electron chi connectivity index (χ2n) is 5.27. The Morgan fingerprint density at radius 3 is 2.35 bits per heavy atom. The molecule has 1 aromatic heterocycles. The van der Waals surface area contributed by atoms with Crippen LogP contribution in [0.3, 0.4) is 0 Å². The third kappa shape index (κ3) is 6.29. The van der Waals surface area contributed by atoms with Crippen molar-refractivity contribution < 1.29 is 8.42 Å². The molecule has 0 bridgehead atoms. The number of unbranched alkanes of at least 4 members (excludes halogenated alkanes) is 3. The van der Waals surface area contributed by atoms with Gasteiger partial charge in [-0.1, -0.05) is 39.5 Å². The smallest absolute Gasteiger partial charge is 0.243 e. The summed E-state index contributed by atoms with van der Waals surface area (Å²) in [7, 11) is -3.51. The Kier molecular flexibility index (Phi) is 6.87. The lowest BCUT2D eigenvalue weighted by atomic mass is 10.0. The molecule has 7 heteroatoms. The fourth-order valence-electron chi connectivity index (χ4n) is 1.79. The summed E-state index contributed by atoms with van der Waals surface area (Å²) in [5, 5.41) is 0. The van der Waals surface area contributed by atoms with E-state index in [0.29, 0.717) is 6.54 Å². The molecule has 0 aromatic carbocycles.